The van der Waals surface area contributed by atoms with E-state index in [4.69, 9.17) is 0 Å². The smallest absolute Gasteiger partial charge is 0.225 e. The van der Waals surface area contributed by atoms with E-state index in [2.05, 4.69) is 72.9 Å². The summed E-state index contributed by atoms with van der Waals surface area (Å²) >= 11 is 0. The van der Waals surface area contributed by atoms with Crippen molar-refractivity contribution >= 4 is 5.91 Å². The third-order valence-electron chi connectivity index (χ3n) is 5.07. The average Bonchev–Trinajstić information content (AvgIpc) is 2.71. The molecule has 1 fully saturated rings. The van der Waals surface area contributed by atoms with Crippen molar-refractivity contribution in [3.8, 4) is 0 Å². The number of amides is 1. The van der Waals surface area contributed by atoms with Crippen LogP contribution in [0.2, 0.25) is 0 Å². The van der Waals surface area contributed by atoms with Crippen molar-refractivity contribution in [2.24, 2.45) is 17.3 Å². The lowest BCUT2D eigenvalue weighted by molar-refractivity contribution is -0.127. The number of rotatable bonds is 5. The van der Waals surface area contributed by atoms with Crippen LogP contribution < -0.4 is 10.6 Å². The standard InChI is InChI=1S/C20H40N2O/c1-14(13-18(2,3)4)20(8,9)22-17(23)15-11-10-12-16(15)21-19(5,6)7/h14-16,21H,10-13H2,1-9H3,(H,22,23)/t14?,15-,16+/m0/s1. The summed E-state index contributed by atoms with van der Waals surface area (Å²) < 4.78 is 0. The second-order valence-corrected chi connectivity index (χ2v) is 10.4. The van der Waals surface area contributed by atoms with Crippen LogP contribution in [0.15, 0.2) is 0 Å². The Hall–Kier alpha value is -0.570. The topological polar surface area (TPSA) is 41.1 Å². The summed E-state index contributed by atoms with van der Waals surface area (Å²) in [7, 11) is 0. The van der Waals surface area contributed by atoms with Gasteiger partial charge in [-0.2, -0.15) is 0 Å². The number of hydrogen-bond acceptors (Lipinski definition) is 2. The molecule has 23 heavy (non-hydrogen) atoms. The summed E-state index contributed by atoms with van der Waals surface area (Å²) in [6.07, 6.45) is 4.36. The largest absolute Gasteiger partial charge is 0.351 e. The summed E-state index contributed by atoms with van der Waals surface area (Å²) in [5.41, 5.74) is 0.174. The molecular weight excluding hydrogens is 284 g/mol. The van der Waals surface area contributed by atoms with Gasteiger partial charge in [0.25, 0.3) is 0 Å². The first-order chi connectivity index (χ1) is 10.2. The van der Waals surface area contributed by atoms with Crippen molar-refractivity contribution in [2.45, 2.75) is 105 Å². The molecule has 0 aromatic heterocycles. The Morgan fingerprint density at radius 3 is 2.09 bits per heavy atom. The Labute approximate surface area is 144 Å². The first-order valence-corrected chi connectivity index (χ1v) is 9.31. The van der Waals surface area contributed by atoms with Crippen molar-refractivity contribution in [1.82, 2.24) is 10.6 Å². The van der Waals surface area contributed by atoms with E-state index >= 15 is 0 Å². The van der Waals surface area contributed by atoms with Gasteiger partial charge < -0.3 is 10.6 Å². The minimum absolute atomic E-state index is 0.0581. The quantitative estimate of drug-likeness (QED) is 0.781. The summed E-state index contributed by atoms with van der Waals surface area (Å²) in [6.45, 7) is 19.9. The van der Waals surface area contributed by atoms with Crippen LogP contribution >= 0.6 is 0 Å². The molecule has 1 aliphatic rings. The fourth-order valence-electron chi connectivity index (χ4n) is 3.71. The Morgan fingerprint density at radius 2 is 1.61 bits per heavy atom. The zero-order chi connectivity index (χ0) is 18.1. The van der Waals surface area contributed by atoms with Crippen LogP contribution in [0.25, 0.3) is 0 Å². The fraction of sp³-hybridized carbons (Fsp3) is 0.950. The second kappa shape index (κ2) is 7.13. The van der Waals surface area contributed by atoms with Gasteiger partial charge in [0.2, 0.25) is 5.91 Å². The van der Waals surface area contributed by atoms with E-state index in [0.29, 0.717) is 12.0 Å². The zero-order valence-corrected chi connectivity index (χ0v) is 17.0. The molecule has 1 aliphatic carbocycles. The van der Waals surface area contributed by atoms with Crippen LogP contribution in [0, 0.1) is 17.3 Å². The van der Waals surface area contributed by atoms with Gasteiger partial charge in [-0.05, 0) is 65.2 Å². The van der Waals surface area contributed by atoms with Gasteiger partial charge >= 0.3 is 0 Å². The molecule has 0 saturated heterocycles. The van der Waals surface area contributed by atoms with E-state index in [-0.39, 0.29) is 28.3 Å². The Kier molecular flexibility index (Phi) is 6.34. The highest BCUT2D eigenvalue weighted by Crippen LogP contribution is 2.32. The second-order valence-electron chi connectivity index (χ2n) is 10.4. The molecule has 136 valence electrons. The third-order valence-corrected chi connectivity index (χ3v) is 5.07. The van der Waals surface area contributed by atoms with E-state index in [9.17, 15) is 4.79 Å². The lowest BCUT2D eigenvalue weighted by Gasteiger charge is -2.38. The van der Waals surface area contributed by atoms with Crippen molar-refractivity contribution in [2.75, 3.05) is 0 Å². The molecule has 1 saturated carbocycles. The fourth-order valence-corrected chi connectivity index (χ4v) is 3.71. The number of carbonyl (C=O) groups excluding carboxylic acids is 1. The summed E-state index contributed by atoms with van der Waals surface area (Å²) in [5.74, 6) is 0.784. The minimum atomic E-state index is -0.167. The normalized spacial score (nSPS) is 24.6. The highest BCUT2D eigenvalue weighted by molar-refractivity contribution is 5.80. The SMILES string of the molecule is CC(CC(C)(C)C)C(C)(C)NC(=O)[C@H]1CCC[C@H]1NC(C)(C)C. The monoisotopic (exact) mass is 324 g/mol. The maximum atomic E-state index is 12.9. The summed E-state index contributed by atoms with van der Waals surface area (Å²) in [5, 5.41) is 7.00. The lowest BCUT2D eigenvalue weighted by atomic mass is 9.76. The lowest BCUT2D eigenvalue weighted by Crippen LogP contribution is -2.54. The van der Waals surface area contributed by atoms with Crippen LogP contribution in [0.4, 0.5) is 0 Å². The highest BCUT2D eigenvalue weighted by atomic mass is 16.2. The van der Waals surface area contributed by atoms with Crippen LogP contribution in [-0.2, 0) is 4.79 Å². The molecule has 0 bridgehead atoms. The van der Waals surface area contributed by atoms with Crippen molar-refractivity contribution < 1.29 is 4.79 Å². The van der Waals surface area contributed by atoms with Crippen molar-refractivity contribution in [3.63, 3.8) is 0 Å². The van der Waals surface area contributed by atoms with Crippen LogP contribution in [0.5, 0.6) is 0 Å². The van der Waals surface area contributed by atoms with E-state index in [0.717, 1.165) is 25.7 Å². The van der Waals surface area contributed by atoms with E-state index in [1.165, 1.54) is 0 Å². The number of carbonyl (C=O) groups is 1. The van der Waals surface area contributed by atoms with Gasteiger partial charge in [0.15, 0.2) is 0 Å². The summed E-state index contributed by atoms with van der Waals surface area (Å²) in [4.78, 5) is 12.9. The van der Waals surface area contributed by atoms with E-state index < -0.39 is 0 Å². The molecule has 2 N–H and O–H groups in total. The molecule has 0 spiro atoms. The number of nitrogens with one attached hydrogen (secondary N) is 2. The molecule has 3 atom stereocenters. The molecule has 1 amide bonds. The predicted octanol–water partition coefficient (Wildman–Crippen LogP) is 4.51. The van der Waals surface area contributed by atoms with Gasteiger partial charge in [-0.3, -0.25) is 4.79 Å². The van der Waals surface area contributed by atoms with Crippen LogP contribution in [-0.4, -0.2) is 23.0 Å². The minimum Gasteiger partial charge on any atom is -0.351 e. The first kappa shape index (κ1) is 20.5. The number of hydrogen-bond donors (Lipinski definition) is 2. The molecule has 3 nitrogen and oxygen atoms in total. The van der Waals surface area contributed by atoms with Gasteiger partial charge in [-0.1, -0.05) is 34.1 Å². The van der Waals surface area contributed by atoms with E-state index in [1.54, 1.807) is 0 Å². The molecule has 0 heterocycles. The highest BCUT2D eigenvalue weighted by Gasteiger charge is 2.38. The molecule has 0 aliphatic heterocycles. The van der Waals surface area contributed by atoms with Gasteiger partial charge in [0.1, 0.15) is 0 Å². The average molecular weight is 325 g/mol. The van der Waals surface area contributed by atoms with E-state index in [1.807, 2.05) is 0 Å². The van der Waals surface area contributed by atoms with Crippen LogP contribution in [0.3, 0.4) is 0 Å². The Balaban J connectivity index is 2.69. The van der Waals surface area contributed by atoms with Gasteiger partial charge in [-0.15, -0.1) is 0 Å². The maximum absolute atomic E-state index is 12.9. The third kappa shape index (κ3) is 6.82. The molecule has 3 heteroatoms. The van der Waals surface area contributed by atoms with Crippen LogP contribution in [0.1, 0.15) is 88.0 Å². The summed E-state index contributed by atoms with van der Waals surface area (Å²) in [6, 6.07) is 0.309. The maximum Gasteiger partial charge on any atom is 0.225 e. The molecule has 0 aromatic rings. The molecule has 1 unspecified atom stereocenters. The van der Waals surface area contributed by atoms with Gasteiger partial charge in [0, 0.05) is 17.1 Å². The van der Waals surface area contributed by atoms with Gasteiger partial charge in [-0.25, -0.2) is 0 Å². The van der Waals surface area contributed by atoms with Crippen molar-refractivity contribution in [1.29, 1.82) is 0 Å². The molecule has 0 radical (unpaired) electrons. The Bertz CT molecular complexity index is 401. The molecule has 1 rings (SSSR count). The first-order valence-electron chi connectivity index (χ1n) is 9.31. The predicted molar refractivity (Wildman–Crippen MR) is 99.5 cm³/mol. The molecule has 0 aromatic carbocycles. The zero-order valence-electron chi connectivity index (χ0n) is 17.0. The molecular formula is C20H40N2O. The van der Waals surface area contributed by atoms with Crippen molar-refractivity contribution in [3.05, 3.63) is 0 Å². The van der Waals surface area contributed by atoms with Gasteiger partial charge in [0.05, 0.1) is 5.92 Å². The Morgan fingerprint density at radius 1 is 1.04 bits per heavy atom.